The van der Waals surface area contributed by atoms with Gasteiger partial charge in [-0.25, -0.2) is 9.37 Å². The molecule has 0 radical (unpaired) electrons. The Bertz CT molecular complexity index is 495. The van der Waals surface area contributed by atoms with Gasteiger partial charge in [0.15, 0.2) is 11.6 Å². The molecule has 1 aliphatic rings. The van der Waals surface area contributed by atoms with Gasteiger partial charge in [0.05, 0.1) is 5.56 Å². The SMILES string of the molecule is CC1CCCCN1CCCNC(=O)c1ccnc(N)c1F. The quantitative estimate of drug-likeness (QED) is 0.812. The first-order valence-electron chi connectivity index (χ1n) is 7.52. The molecule has 0 aromatic carbocycles. The Morgan fingerprint density at radius 3 is 3.14 bits per heavy atom. The summed E-state index contributed by atoms with van der Waals surface area (Å²) in [5.41, 5.74) is 5.31. The van der Waals surface area contributed by atoms with Crippen molar-refractivity contribution < 1.29 is 9.18 Å². The molecule has 116 valence electrons. The fourth-order valence-corrected chi connectivity index (χ4v) is 2.70. The van der Waals surface area contributed by atoms with Crippen LogP contribution in [-0.2, 0) is 0 Å². The van der Waals surface area contributed by atoms with Crippen LogP contribution in [0, 0.1) is 5.82 Å². The summed E-state index contributed by atoms with van der Waals surface area (Å²) >= 11 is 0. The summed E-state index contributed by atoms with van der Waals surface area (Å²) < 4.78 is 13.6. The van der Waals surface area contributed by atoms with E-state index in [1.165, 1.54) is 31.5 Å². The number of nitrogens with zero attached hydrogens (tertiary/aromatic N) is 2. The van der Waals surface area contributed by atoms with Gasteiger partial charge in [-0.05, 0) is 38.8 Å². The smallest absolute Gasteiger partial charge is 0.254 e. The van der Waals surface area contributed by atoms with E-state index in [0.717, 1.165) is 19.5 Å². The zero-order valence-corrected chi connectivity index (χ0v) is 12.4. The summed E-state index contributed by atoms with van der Waals surface area (Å²) in [4.78, 5) is 17.9. The Morgan fingerprint density at radius 2 is 2.38 bits per heavy atom. The maximum Gasteiger partial charge on any atom is 0.254 e. The number of nitrogen functional groups attached to an aromatic ring is 1. The van der Waals surface area contributed by atoms with Gasteiger partial charge in [-0.3, -0.25) is 4.79 Å². The zero-order valence-electron chi connectivity index (χ0n) is 12.4. The van der Waals surface area contributed by atoms with Crippen LogP contribution in [0.1, 0.15) is 43.0 Å². The Balaban J connectivity index is 1.75. The molecule has 1 saturated heterocycles. The number of nitrogens with two attached hydrogens (primary N) is 1. The predicted molar refractivity (Wildman–Crippen MR) is 80.4 cm³/mol. The lowest BCUT2D eigenvalue weighted by Gasteiger charge is -2.33. The van der Waals surface area contributed by atoms with Crippen molar-refractivity contribution in [3.8, 4) is 0 Å². The van der Waals surface area contributed by atoms with Crippen molar-refractivity contribution in [3.63, 3.8) is 0 Å². The number of amides is 1. The Morgan fingerprint density at radius 1 is 1.57 bits per heavy atom. The van der Waals surface area contributed by atoms with Crippen molar-refractivity contribution in [3.05, 3.63) is 23.6 Å². The molecular weight excluding hydrogens is 271 g/mol. The second-order valence-corrected chi connectivity index (χ2v) is 5.55. The fraction of sp³-hybridized carbons (Fsp3) is 0.600. The van der Waals surface area contributed by atoms with Crippen LogP contribution in [-0.4, -0.2) is 41.5 Å². The Kier molecular flexibility index (Phi) is 5.50. The van der Waals surface area contributed by atoms with Crippen LogP contribution in [0.25, 0.3) is 0 Å². The van der Waals surface area contributed by atoms with E-state index in [1.807, 2.05) is 0 Å². The molecule has 1 atom stereocenters. The lowest BCUT2D eigenvalue weighted by molar-refractivity contribution is 0.0945. The summed E-state index contributed by atoms with van der Waals surface area (Å²) in [6, 6.07) is 1.96. The third-order valence-electron chi connectivity index (χ3n) is 4.01. The largest absolute Gasteiger partial charge is 0.381 e. The molecule has 2 rings (SSSR count). The van der Waals surface area contributed by atoms with E-state index in [9.17, 15) is 9.18 Å². The van der Waals surface area contributed by atoms with E-state index in [0.29, 0.717) is 12.6 Å². The molecule has 0 spiro atoms. The number of pyridine rings is 1. The highest BCUT2D eigenvalue weighted by Crippen LogP contribution is 2.16. The van der Waals surface area contributed by atoms with Crippen LogP contribution in [0.5, 0.6) is 0 Å². The van der Waals surface area contributed by atoms with Gasteiger partial charge in [0.1, 0.15) is 0 Å². The van der Waals surface area contributed by atoms with E-state index in [-0.39, 0.29) is 11.4 Å². The molecule has 2 heterocycles. The molecule has 1 aromatic rings. The lowest BCUT2D eigenvalue weighted by Crippen LogP contribution is -2.39. The van der Waals surface area contributed by atoms with Crippen molar-refractivity contribution in [1.82, 2.24) is 15.2 Å². The first kappa shape index (κ1) is 15.7. The minimum absolute atomic E-state index is 0.0474. The van der Waals surface area contributed by atoms with Gasteiger partial charge in [-0.1, -0.05) is 6.42 Å². The van der Waals surface area contributed by atoms with Gasteiger partial charge < -0.3 is 16.0 Å². The third kappa shape index (κ3) is 4.14. The van der Waals surface area contributed by atoms with Crippen molar-refractivity contribution >= 4 is 11.7 Å². The second-order valence-electron chi connectivity index (χ2n) is 5.55. The molecule has 0 aliphatic carbocycles. The Hall–Kier alpha value is -1.69. The molecule has 5 nitrogen and oxygen atoms in total. The predicted octanol–water partition coefficient (Wildman–Crippen LogP) is 1.80. The summed E-state index contributed by atoms with van der Waals surface area (Å²) in [7, 11) is 0. The summed E-state index contributed by atoms with van der Waals surface area (Å²) in [5, 5.41) is 2.73. The van der Waals surface area contributed by atoms with Crippen LogP contribution >= 0.6 is 0 Å². The molecule has 1 fully saturated rings. The number of halogens is 1. The first-order valence-corrected chi connectivity index (χ1v) is 7.52. The second kappa shape index (κ2) is 7.36. The maximum atomic E-state index is 13.6. The molecule has 21 heavy (non-hydrogen) atoms. The van der Waals surface area contributed by atoms with Crippen LogP contribution in [0.2, 0.25) is 0 Å². The van der Waals surface area contributed by atoms with Gasteiger partial charge in [0.25, 0.3) is 5.91 Å². The van der Waals surface area contributed by atoms with Crippen molar-refractivity contribution in [2.75, 3.05) is 25.4 Å². The molecule has 1 aromatic heterocycles. The van der Waals surface area contributed by atoms with E-state index >= 15 is 0 Å². The first-order chi connectivity index (χ1) is 10.1. The average molecular weight is 294 g/mol. The number of aromatic nitrogens is 1. The molecule has 3 N–H and O–H groups in total. The topological polar surface area (TPSA) is 71.2 Å². The minimum Gasteiger partial charge on any atom is -0.381 e. The van der Waals surface area contributed by atoms with Crippen LogP contribution in [0.15, 0.2) is 12.3 Å². The van der Waals surface area contributed by atoms with E-state index in [2.05, 4.69) is 22.1 Å². The van der Waals surface area contributed by atoms with Crippen LogP contribution in [0.3, 0.4) is 0 Å². The maximum absolute atomic E-state index is 13.6. The van der Waals surface area contributed by atoms with E-state index in [1.54, 1.807) is 0 Å². The van der Waals surface area contributed by atoms with Crippen LogP contribution in [0.4, 0.5) is 10.2 Å². The number of nitrogens with one attached hydrogen (secondary N) is 1. The molecule has 1 unspecified atom stereocenters. The summed E-state index contributed by atoms with van der Waals surface area (Å²) in [6.45, 7) is 4.86. The van der Waals surface area contributed by atoms with Crippen molar-refractivity contribution in [2.45, 2.75) is 38.6 Å². The van der Waals surface area contributed by atoms with Crippen molar-refractivity contribution in [1.29, 1.82) is 0 Å². The van der Waals surface area contributed by atoms with E-state index in [4.69, 9.17) is 5.73 Å². The number of carbonyl (C=O) groups is 1. The van der Waals surface area contributed by atoms with E-state index < -0.39 is 11.7 Å². The van der Waals surface area contributed by atoms with Crippen molar-refractivity contribution in [2.24, 2.45) is 0 Å². The highest BCUT2D eigenvalue weighted by atomic mass is 19.1. The molecule has 0 bridgehead atoms. The molecule has 0 saturated carbocycles. The van der Waals surface area contributed by atoms with Crippen LogP contribution < -0.4 is 11.1 Å². The number of piperidine rings is 1. The number of rotatable bonds is 5. The lowest BCUT2D eigenvalue weighted by atomic mass is 10.0. The monoisotopic (exact) mass is 294 g/mol. The number of hydrogen-bond donors (Lipinski definition) is 2. The summed E-state index contributed by atoms with van der Waals surface area (Å²) in [6.07, 6.45) is 5.99. The third-order valence-corrected chi connectivity index (χ3v) is 4.01. The number of anilines is 1. The normalized spacial score (nSPS) is 19.4. The summed E-state index contributed by atoms with van der Waals surface area (Å²) in [5.74, 6) is -1.43. The van der Waals surface area contributed by atoms with Gasteiger partial charge in [0, 0.05) is 25.3 Å². The molecule has 1 amide bonds. The standard InChI is InChI=1S/C15H23FN4O/c1-11-5-2-3-9-20(11)10-4-7-19-15(21)12-6-8-18-14(17)13(12)16/h6,8,11H,2-5,7,9-10H2,1H3,(H2,17,18)(H,19,21). The number of likely N-dealkylation sites (tertiary alicyclic amines) is 1. The highest BCUT2D eigenvalue weighted by Gasteiger charge is 2.18. The average Bonchev–Trinajstić information content (AvgIpc) is 2.48. The van der Waals surface area contributed by atoms with Gasteiger partial charge >= 0.3 is 0 Å². The van der Waals surface area contributed by atoms with Gasteiger partial charge in [0.2, 0.25) is 0 Å². The fourth-order valence-electron chi connectivity index (χ4n) is 2.70. The molecule has 6 heteroatoms. The Labute approximate surface area is 124 Å². The highest BCUT2D eigenvalue weighted by molar-refractivity contribution is 5.95. The zero-order chi connectivity index (χ0) is 15.2. The molecule has 1 aliphatic heterocycles. The van der Waals surface area contributed by atoms with Gasteiger partial charge in [-0.15, -0.1) is 0 Å². The number of carbonyl (C=O) groups excluding carboxylic acids is 1. The minimum atomic E-state index is -0.750. The number of hydrogen-bond acceptors (Lipinski definition) is 4. The van der Waals surface area contributed by atoms with Gasteiger partial charge in [-0.2, -0.15) is 0 Å². The molecular formula is C15H23FN4O.